The van der Waals surface area contributed by atoms with Gasteiger partial charge < -0.3 is 21.5 Å². The highest BCUT2D eigenvalue weighted by atomic mass is 19.1. The fourth-order valence-corrected chi connectivity index (χ4v) is 6.59. The summed E-state index contributed by atoms with van der Waals surface area (Å²) in [6.45, 7) is 17.6. The maximum absolute atomic E-state index is 16.0. The molecule has 4 nitrogen and oxygen atoms in total. The highest BCUT2D eigenvalue weighted by Crippen LogP contribution is 2.38. The van der Waals surface area contributed by atoms with Gasteiger partial charge in [-0.25, -0.2) is 4.39 Å². The standard InChI is InChI=1S/C38H52FN2O2/c1-6-8-9-14-36(41(7-2)31(5)34-12-10-11-13-35(34)33-17-15-29(3)16-18-33)37(42)40-25-23-38(39,24-26-40)22-19-32-21-28-43-27-20-30(32)4/h7,10-18,30-32H,2,5-6,8-9,19-28H2,1,3-4H3/q-1/b36-14-. The van der Waals surface area contributed by atoms with Gasteiger partial charge in [0.05, 0.1) is 0 Å². The van der Waals surface area contributed by atoms with E-state index >= 15 is 4.39 Å². The highest BCUT2D eigenvalue weighted by Gasteiger charge is 2.38. The average Bonchev–Trinajstić information content (AvgIpc) is 3.23. The van der Waals surface area contributed by atoms with Crippen LogP contribution in [0.25, 0.3) is 11.1 Å². The van der Waals surface area contributed by atoms with Crippen molar-refractivity contribution in [2.75, 3.05) is 26.3 Å². The Bertz CT molecular complexity index is 1210. The Morgan fingerprint density at radius 2 is 1.86 bits per heavy atom. The molecule has 2 fully saturated rings. The average molecular weight is 588 g/mol. The third-order valence-corrected chi connectivity index (χ3v) is 9.67. The number of unbranched alkanes of at least 4 members (excludes halogenated alkanes) is 2. The summed E-state index contributed by atoms with van der Waals surface area (Å²) in [5, 5.41) is 0. The van der Waals surface area contributed by atoms with E-state index in [0.717, 1.165) is 68.4 Å². The first-order chi connectivity index (χ1) is 20.8. The van der Waals surface area contributed by atoms with Gasteiger partial charge in [0, 0.05) is 26.3 Å². The lowest BCUT2D eigenvalue weighted by atomic mass is 9.80. The molecule has 2 aromatic rings. The third kappa shape index (κ3) is 8.59. The summed E-state index contributed by atoms with van der Waals surface area (Å²) >= 11 is 0. The van der Waals surface area contributed by atoms with Crippen molar-refractivity contribution >= 4 is 5.91 Å². The molecule has 0 radical (unpaired) electrons. The van der Waals surface area contributed by atoms with Crippen LogP contribution in [-0.2, 0) is 9.53 Å². The lowest BCUT2D eigenvalue weighted by Crippen LogP contribution is -2.47. The quantitative estimate of drug-likeness (QED) is 0.141. The first-order valence-electron chi connectivity index (χ1n) is 16.4. The fraction of sp³-hybridized carbons (Fsp3) is 0.526. The van der Waals surface area contributed by atoms with E-state index in [9.17, 15) is 4.79 Å². The van der Waals surface area contributed by atoms with E-state index in [0.29, 0.717) is 49.9 Å². The van der Waals surface area contributed by atoms with E-state index < -0.39 is 5.67 Å². The van der Waals surface area contributed by atoms with E-state index in [1.807, 2.05) is 28.0 Å². The maximum Gasteiger partial charge on any atom is 0.270 e. The molecular weight excluding hydrogens is 535 g/mol. The van der Waals surface area contributed by atoms with Gasteiger partial charge in [0.15, 0.2) is 0 Å². The van der Waals surface area contributed by atoms with Crippen molar-refractivity contribution in [3.8, 4) is 11.1 Å². The number of piperidine rings is 1. The summed E-state index contributed by atoms with van der Waals surface area (Å²) in [6, 6.07) is 16.4. The number of carbonyl (C=O) groups excluding carboxylic acids is 1. The number of carbonyl (C=O) groups is 1. The third-order valence-electron chi connectivity index (χ3n) is 9.67. The zero-order chi connectivity index (χ0) is 30.8. The second-order valence-corrected chi connectivity index (χ2v) is 12.7. The van der Waals surface area contributed by atoms with E-state index in [-0.39, 0.29) is 11.9 Å². The number of allylic oxidation sites excluding steroid dienone is 1. The molecule has 2 aliphatic rings. The predicted molar refractivity (Wildman–Crippen MR) is 176 cm³/mol. The number of amides is 1. The van der Waals surface area contributed by atoms with Crippen LogP contribution in [0.3, 0.4) is 0 Å². The lowest BCUT2D eigenvalue weighted by Gasteiger charge is -2.41. The van der Waals surface area contributed by atoms with E-state index in [1.165, 1.54) is 5.56 Å². The van der Waals surface area contributed by atoms with Crippen LogP contribution in [0.5, 0.6) is 0 Å². The second-order valence-electron chi connectivity index (χ2n) is 12.7. The van der Waals surface area contributed by atoms with Crippen LogP contribution in [0.2, 0.25) is 0 Å². The summed E-state index contributed by atoms with van der Waals surface area (Å²) in [4.78, 5) is 17.9. The number of hydrogen-bond acceptors (Lipinski definition) is 3. The normalized spacial score (nSPS) is 21.6. The molecule has 2 heterocycles. The van der Waals surface area contributed by atoms with Gasteiger partial charge in [0.1, 0.15) is 11.4 Å². The zero-order valence-electron chi connectivity index (χ0n) is 26.7. The molecule has 0 N–H and O–H groups in total. The molecule has 0 aliphatic carbocycles. The highest BCUT2D eigenvalue weighted by molar-refractivity contribution is 5.93. The van der Waals surface area contributed by atoms with Crippen molar-refractivity contribution in [3.05, 3.63) is 91.1 Å². The minimum Gasteiger partial charge on any atom is -0.381 e. The molecule has 3 unspecified atom stereocenters. The molecule has 5 heteroatoms. The number of hydrogen-bond donors (Lipinski definition) is 0. The van der Waals surface area contributed by atoms with Crippen molar-refractivity contribution in [2.45, 2.75) is 90.3 Å². The van der Waals surface area contributed by atoms with Crippen molar-refractivity contribution in [3.63, 3.8) is 0 Å². The predicted octanol–water partition coefficient (Wildman–Crippen LogP) is 9.23. The number of halogens is 1. The fourth-order valence-electron chi connectivity index (χ4n) is 6.59. The molecule has 0 aromatic heterocycles. The molecule has 4 rings (SSSR count). The number of likely N-dealkylation sites (tertiary alicyclic amines) is 1. The Labute approximate surface area is 260 Å². The first-order valence-corrected chi connectivity index (χ1v) is 16.4. The minimum absolute atomic E-state index is 0.0611. The molecule has 2 saturated heterocycles. The van der Waals surface area contributed by atoms with Crippen LogP contribution in [0.1, 0.15) is 88.8 Å². The summed E-state index contributed by atoms with van der Waals surface area (Å²) in [5.41, 5.74) is 3.81. The topological polar surface area (TPSA) is 32.8 Å². The number of nitrogens with zero attached hydrogens (tertiary/aromatic N) is 2. The Hall–Kier alpha value is -2.92. The van der Waals surface area contributed by atoms with Gasteiger partial charge in [0.25, 0.3) is 5.91 Å². The minimum atomic E-state index is -1.21. The van der Waals surface area contributed by atoms with Crippen LogP contribution < -0.4 is 0 Å². The molecule has 0 bridgehead atoms. The van der Waals surface area contributed by atoms with Gasteiger partial charge in [0.2, 0.25) is 0 Å². The van der Waals surface area contributed by atoms with Crippen LogP contribution in [0.4, 0.5) is 4.39 Å². The monoisotopic (exact) mass is 587 g/mol. The van der Waals surface area contributed by atoms with Gasteiger partial charge in [-0.2, -0.15) is 0 Å². The first kappa shape index (κ1) is 33.0. The van der Waals surface area contributed by atoms with Gasteiger partial charge >= 0.3 is 0 Å². The molecule has 3 atom stereocenters. The van der Waals surface area contributed by atoms with Crippen molar-refractivity contribution in [1.82, 2.24) is 9.80 Å². The summed E-state index contributed by atoms with van der Waals surface area (Å²) < 4.78 is 21.7. The van der Waals surface area contributed by atoms with Crippen LogP contribution >= 0.6 is 0 Å². The number of rotatable bonds is 12. The maximum atomic E-state index is 16.0. The van der Waals surface area contributed by atoms with Crippen molar-refractivity contribution in [1.29, 1.82) is 0 Å². The molecule has 2 aliphatic heterocycles. The Morgan fingerprint density at radius 3 is 2.56 bits per heavy atom. The van der Waals surface area contributed by atoms with Gasteiger partial charge in [-0.05, 0) is 93.0 Å². The van der Waals surface area contributed by atoms with Crippen molar-refractivity contribution < 1.29 is 13.9 Å². The molecule has 234 valence electrons. The SMILES string of the molecule is C=CN(/C(=C\CCCC)C(=O)N1CCC(F)(CCC2CCOCCC2C)CC1)C([CH2-])c1ccccc1-c1ccc(C)cc1. The Kier molecular flexibility index (Phi) is 12.0. The number of benzene rings is 2. The van der Waals surface area contributed by atoms with E-state index in [2.05, 4.69) is 70.7 Å². The van der Waals surface area contributed by atoms with Gasteiger partial charge in [-0.3, -0.25) is 4.79 Å². The lowest BCUT2D eigenvalue weighted by molar-refractivity contribution is -0.131. The molecule has 2 aromatic carbocycles. The summed E-state index contributed by atoms with van der Waals surface area (Å²) in [6.07, 6.45) is 10.9. The van der Waals surface area contributed by atoms with Gasteiger partial charge in [-0.1, -0.05) is 93.1 Å². The van der Waals surface area contributed by atoms with Crippen LogP contribution in [0, 0.1) is 25.7 Å². The Balaban J connectivity index is 1.49. The number of alkyl halides is 1. The number of ether oxygens (including phenoxy) is 1. The zero-order valence-corrected chi connectivity index (χ0v) is 26.7. The van der Waals surface area contributed by atoms with Crippen LogP contribution in [0.15, 0.2) is 73.1 Å². The van der Waals surface area contributed by atoms with E-state index in [1.54, 1.807) is 6.20 Å². The molecule has 0 spiro atoms. The molecular formula is C38H52FN2O2-. The van der Waals surface area contributed by atoms with Gasteiger partial charge in [-0.15, -0.1) is 0 Å². The van der Waals surface area contributed by atoms with Crippen molar-refractivity contribution in [2.24, 2.45) is 11.8 Å². The summed E-state index contributed by atoms with van der Waals surface area (Å²) in [7, 11) is 0. The summed E-state index contributed by atoms with van der Waals surface area (Å²) in [5.74, 6) is 1.02. The molecule has 43 heavy (non-hydrogen) atoms. The Morgan fingerprint density at radius 1 is 1.16 bits per heavy atom. The number of aryl methyl sites for hydroxylation is 1. The largest absolute Gasteiger partial charge is 0.381 e. The second kappa shape index (κ2) is 15.7. The smallest absolute Gasteiger partial charge is 0.270 e. The van der Waals surface area contributed by atoms with Crippen LogP contribution in [-0.4, -0.2) is 47.7 Å². The molecule has 1 amide bonds. The van der Waals surface area contributed by atoms with E-state index in [4.69, 9.17) is 4.74 Å². The molecule has 0 saturated carbocycles.